The molecule has 3 heterocycles. The van der Waals surface area contributed by atoms with Gasteiger partial charge in [-0.3, -0.25) is 0 Å². The van der Waals surface area contributed by atoms with E-state index in [1.165, 1.54) is 0 Å². The Morgan fingerprint density at radius 2 is 1.87 bits per heavy atom. The Hall–Kier alpha value is -3.27. The second kappa shape index (κ2) is 9.25. The minimum absolute atomic E-state index is 0.00660. The summed E-state index contributed by atoms with van der Waals surface area (Å²) < 4.78 is 44.8. The lowest BCUT2D eigenvalue weighted by atomic mass is 10.0. The molecule has 1 N–H and O–H groups in total. The van der Waals surface area contributed by atoms with Gasteiger partial charge in [0.2, 0.25) is 12.4 Å². The van der Waals surface area contributed by atoms with E-state index < -0.39 is 12.2 Å². The van der Waals surface area contributed by atoms with E-state index in [1.54, 1.807) is 37.3 Å². The maximum absolute atomic E-state index is 14.3. The molecule has 1 saturated heterocycles. The number of rotatable bonds is 6. The number of morpholine rings is 1. The van der Waals surface area contributed by atoms with E-state index >= 15 is 0 Å². The summed E-state index contributed by atoms with van der Waals surface area (Å²) in [5, 5.41) is 11.1. The van der Waals surface area contributed by atoms with E-state index in [0.29, 0.717) is 49.3 Å². The van der Waals surface area contributed by atoms with Gasteiger partial charge in [-0.15, -0.1) is 5.10 Å². The number of aryl methyl sites for hydroxylation is 1. The van der Waals surface area contributed by atoms with Crippen LogP contribution in [-0.2, 0) is 11.2 Å². The minimum atomic E-state index is -2.39. The molecular weight excluding hydrogens is 409 g/mol. The second-order valence-corrected chi connectivity index (χ2v) is 7.11. The Bertz CT molecular complexity index is 1040. The smallest absolute Gasteiger partial charge is 0.242 e. The van der Waals surface area contributed by atoms with E-state index in [1.807, 2.05) is 4.90 Å². The minimum Gasteiger partial charge on any atom is -0.378 e. The molecule has 0 saturated carbocycles. The molecule has 7 nitrogen and oxygen atoms in total. The van der Waals surface area contributed by atoms with Crippen molar-refractivity contribution in [3.05, 3.63) is 53.6 Å². The van der Waals surface area contributed by atoms with Gasteiger partial charge < -0.3 is 15.0 Å². The summed E-state index contributed by atoms with van der Waals surface area (Å²) >= 11 is 0. The first kappa shape index (κ1) is 21.0. The predicted octanol–water partition coefficient (Wildman–Crippen LogP) is 3.77. The van der Waals surface area contributed by atoms with Crippen LogP contribution in [0.5, 0.6) is 0 Å². The number of benzene rings is 1. The van der Waals surface area contributed by atoms with Gasteiger partial charge in [-0.25, -0.2) is 18.2 Å². The van der Waals surface area contributed by atoms with Crippen LogP contribution in [0.1, 0.15) is 11.3 Å². The Balaban J connectivity index is 1.57. The predicted molar refractivity (Wildman–Crippen MR) is 110 cm³/mol. The Labute approximate surface area is 177 Å². The number of nitrogens with one attached hydrogen (secondary N) is 1. The van der Waals surface area contributed by atoms with Gasteiger partial charge in [0.05, 0.1) is 25.1 Å². The zero-order chi connectivity index (χ0) is 21.8. The normalized spacial score (nSPS) is 14.2. The van der Waals surface area contributed by atoms with Gasteiger partial charge in [0, 0.05) is 25.1 Å². The summed E-state index contributed by atoms with van der Waals surface area (Å²) in [6.45, 7) is 4.17. The molecule has 0 unspecified atom stereocenters. The monoisotopic (exact) mass is 430 g/mol. The molecule has 0 aliphatic carbocycles. The average Bonchev–Trinajstić information content (AvgIpc) is 2.77. The third-order valence-corrected chi connectivity index (χ3v) is 4.91. The molecule has 1 aliphatic heterocycles. The van der Waals surface area contributed by atoms with E-state index in [4.69, 9.17) is 4.74 Å². The number of aromatic nitrogens is 4. The molecular formula is C21H21F3N6O. The fraction of sp³-hybridized carbons (Fsp3) is 0.333. The van der Waals surface area contributed by atoms with Crippen molar-refractivity contribution in [3.63, 3.8) is 0 Å². The molecule has 4 rings (SSSR count). The lowest BCUT2D eigenvalue weighted by molar-refractivity contribution is 0.122. The number of halogens is 3. The molecule has 1 aromatic carbocycles. The maximum atomic E-state index is 14.3. The molecule has 0 amide bonds. The summed E-state index contributed by atoms with van der Waals surface area (Å²) in [6.07, 6.45) is -1.57. The average molecular weight is 430 g/mol. The Kier molecular flexibility index (Phi) is 6.26. The highest BCUT2D eigenvalue weighted by molar-refractivity contribution is 5.70. The van der Waals surface area contributed by atoms with Crippen LogP contribution in [0.25, 0.3) is 11.1 Å². The highest BCUT2D eigenvalue weighted by Crippen LogP contribution is 2.27. The van der Waals surface area contributed by atoms with E-state index in [2.05, 4.69) is 25.5 Å². The van der Waals surface area contributed by atoms with Gasteiger partial charge in [-0.2, -0.15) is 10.1 Å². The third-order valence-electron chi connectivity index (χ3n) is 4.91. The lowest BCUT2D eigenvalue weighted by Gasteiger charge is -2.26. The molecule has 162 valence electrons. The number of hydrogen-bond donors (Lipinski definition) is 1. The van der Waals surface area contributed by atoms with Gasteiger partial charge in [-0.1, -0.05) is 24.3 Å². The van der Waals surface area contributed by atoms with Crippen molar-refractivity contribution in [3.8, 4) is 11.1 Å². The van der Waals surface area contributed by atoms with Crippen molar-refractivity contribution in [2.45, 2.75) is 19.8 Å². The molecule has 31 heavy (non-hydrogen) atoms. The number of nitrogens with zero attached hydrogens (tertiary/aromatic N) is 5. The van der Waals surface area contributed by atoms with Crippen LogP contribution < -0.4 is 10.2 Å². The van der Waals surface area contributed by atoms with E-state index in [9.17, 15) is 13.2 Å². The van der Waals surface area contributed by atoms with Crippen molar-refractivity contribution in [1.29, 1.82) is 0 Å². The molecule has 2 aromatic heterocycles. The van der Waals surface area contributed by atoms with Crippen molar-refractivity contribution >= 4 is 17.6 Å². The van der Waals surface area contributed by atoms with Gasteiger partial charge in [0.25, 0.3) is 0 Å². The van der Waals surface area contributed by atoms with Crippen LogP contribution in [0.2, 0.25) is 0 Å². The van der Waals surface area contributed by atoms with Crippen molar-refractivity contribution in [2.75, 3.05) is 36.5 Å². The van der Waals surface area contributed by atoms with Crippen LogP contribution >= 0.6 is 0 Å². The van der Waals surface area contributed by atoms with Crippen molar-refractivity contribution in [2.24, 2.45) is 0 Å². The fourth-order valence-corrected chi connectivity index (χ4v) is 3.29. The van der Waals surface area contributed by atoms with Crippen LogP contribution in [0.3, 0.4) is 0 Å². The number of alkyl halides is 2. The van der Waals surface area contributed by atoms with Gasteiger partial charge in [0.1, 0.15) is 0 Å². The highest BCUT2D eigenvalue weighted by Gasteiger charge is 2.17. The van der Waals surface area contributed by atoms with E-state index in [-0.39, 0.29) is 12.2 Å². The first-order valence-corrected chi connectivity index (χ1v) is 9.83. The fourth-order valence-electron chi connectivity index (χ4n) is 3.29. The molecule has 10 heteroatoms. The van der Waals surface area contributed by atoms with Gasteiger partial charge in [0.15, 0.2) is 17.5 Å². The van der Waals surface area contributed by atoms with Crippen LogP contribution in [-0.4, -0.2) is 52.9 Å². The second-order valence-electron chi connectivity index (χ2n) is 7.11. The molecule has 0 radical (unpaired) electrons. The SMILES string of the molecule is Cc1nnc(Nc2nc(N3CCOCC3)ncc2F)cc1-c1ccc(CC(F)F)cc1. The molecule has 0 spiro atoms. The van der Waals surface area contributed by atoms with Gasteiger partial charge >= 0.3 is 0 Å². The molecule has 0 atom stereocenters. The number of anilines is 3. The summed E-state index contributed by atoms with van der Waals surface area (Å²) in [5.41, 5.74) is 2.76. The van der Waals surface area contributed by atoms with Crippen LogP contribution in [0, 0.1) is 12.7 Å². The maximum Gasteiger partial charge on any atom is 0.242 e. The topological polar surface area (TPSA) is 76.1 Å². The van der Waals surface area contributed by atoms with E-state index in [0.717, 1.165) is 17.3 Å². The third kappa shape index (κ3) is 5.08. The zero-order valence-corrected chi connectivity index (χ0v) is 16.9. The number of ether oxygens (including phenoxy) is 1. The van der Waals surface area contributed by atoms with Crippen LogP contribution in [0.15, 0.2) is 36.5 Å². The Morgan fingerprint density at radius 1 is 1.13 bits per heavy atom. The molecule has 0 bridgehead atoms. The largest absolute Gasteiger partial charge is 0.378 e. The quantitative estimate of drug-likeness (QED) is 0.638. The first-order valence-electron chi connectivity index (χ1n) is 9.83. The molecule has 1 aliphatic rings. The Morgan fingerprint density at radius 3 is 2.58 bits per heavy atom. The summed E-state index contributed by atoms with van der Waals surface area (Å²) in [4.78, 5) is 10.3. The zero-order valence-electron chi connectivity index (χ0n) is 16.9. The lowest BCUT2D eigenvalue weighted by Crippen LogP contribution is -2.37. The standard InChI is InChI=1S/C21H21F3N6O/c1-13-16(15-4-2-14(3-5-15)10-18(23)24)11-19(29-28-13)26-20-17(22)12-25-21(27-20)30-6-8-31-9-7-30/h2-5,11-12,18H,6-10H2,1H3,(H,25,26,27,29). The highest BCUT2D eigenvalue weighted by atomic mass is 19.3. The number of hydrogen-bond acceptors (Lipinski definition) is 7. The summed E-state index contributed by atoms with van der Waals surface area (Å²) in [7, 11) is 0. The van der Waals surface area contributed by atoms with Crippen molar-refractivity contribution in [1.82, 2.24) is 20.2 Å². The first-order chi connectivity index (χ1) is 15.0. The van der Waals surface area contributed by atoms with Crippen LogP contribution in [0.4, 0.5) is 30.8 Å². The molecule has 1 fully saturated rings. The molecule has 3 aromatic rings. The van der Waals surface area contributed by atoms with Crippen molar-refractivity contribution < 1.29 is 17.9 Å². The van der Waals surface area contributed by atoms with Gasteiger partial charge in [-0.05, 0) is 24.1 Å². The summed E-state index contributed by atoms with van der Waals surface area (Å²) in [6, 6.07) is 8.56. The summed E-state index contributed by atoms with van der Waals surface area (Å²) in [5.74, 6) is 0.0926.